The van der Waals surface area contributed by atoms with E-state index < -0.39 is 0 Å². The van der Waals surface area contributed by atoms with Crippen molar-refractivity contribution in [2.45, 2.75) is 65.2 Å². The van der Waals surface area contributed by atoms with Crippen LogP contribution in [-0.4, -0.2) is 37.9 Å². The van der Waals surface area contributed by atoms with Crippen molar-refractivity contribution in [2.24, 2.45) is 39.7 Å². The van der Waals surface area contributed by atoms with Crippen molar-refractivity contribution in [3.8, 4) is 0 Å². The lowest BCUT2D eigenvalue weighted by Crippen LogP contribution is -2.52. The minimum Gasteiger partial charge on any atom is -0.394 e. The minimum absolute atomic E-state index is 0.299. The third kappa shape index (κ3) is 2.95. The second-order valence-electron chi connectivity index (χ2n) is 10.2. The van der Waals surface area contributed by atoms with E-state index in [2.05, 4.69) is 50.2 Å². The van der Waals surface area contributed by atoms with Crippen molar-refractivity contribution in [3.05, 3.63) is 12.2 Å². The fourth-order valence-corrected chi connectivity index (χ4v) is 7.12. The van der Waals surface area contributed by atoms with Gasteiger partial charge in [-0.05, 0) is 94.5 Å². The molecular formula is C23H38N2O. The minimum atomic E-state index is 0.299. The Kier molecular flexibility index (Phi) is 4.96. The number of allylic oxidation sites excluding steroid dienone is 2. The Bertz CT molecular complexity index is 583. The van der Waals surface area contributed by atoms with Crippen LogP contribution in [0.15, 0.2) is 17.3 Å². The maximum atomic E-state index is 5.72. The van der Waals surface area contributed by atoms with Crippen LogP contribution in [0.25, 0.3) is 0 Å². The first-order valence-corrected chi connectivity index (χ1v) is 10.9. The highest BCUT2D eigenvalue weighted by Crippen LogP contribution is 2.65. The second kappa shape index (κ2) is 6.96. The highest BCUT2D eigenvalue weighted by Gasteiger charge is 2.58. The molecule has 0 aromatic carbocycles. The van der Waals surface area contributed by atoms with E-state index >= 15 is 0 Å². The van der Waals surface area contributed by atoms with Gasteiger partial charge in [0.05, 0.1) is 5.71 Å². The van der Waals surface area contributed by atoms with Gasteiger partial charge in [-0.2, -0.15) is 0 Å². The first-order chi connectivity index (χ1) is 12.4. The molecule has 3 fully saturated rings. The zero-order chi connectivity index (χ0) is 18.4. The van der Waals surface area contributed by atoms with Gasteiger partial charge >= 0.3 is 0 Å². The summed E-state index contributed by atoms with van der Waals surface area (Å²) in [7, 11) is 4.17. The summed E-state index contributed by atoms with van der Waals surface area (Å²) < 4.78 is 0. The predicted molar refractivity (Wildman–Crippen MR) is 108 cm³/mol. The van der Waals surface area contributed by atoms with Crippen molar-refractivity contribution in [1.29, 1.82) is 0 Å². The van der Waals surface area contributed by atoms with Crippen LogP contribution in [-0.2, 0) is 4.84 Å². The summed E-state index contributed by atoms with van der Waals surface area (Å²) >= 11 is 0. The van der Waals surface area contributed by atoms with Crippen molar-refractivity contribution in [1.82, 2.24) is 4.90 Å². The molecule has 4 rings (SSSR count). The van der Waals surface area contributed by atoms with Gasteiger partial charge < -0.3 is 9.74 Å². The molecular weight excluding hydrogens is 320 g/mol. The van der Waals surface area contributed by atoms with Gasteiger partial charge in [-0.3, -0.25) is 0 Å². The van der Waals surface area contributed by atoms with E-state index in [1.165, 1.54) is 50.7 Å². The van der Waals surface area contributed by atoms with Crippen LogP contribution in [0.1, 0.15) is 65.2 Å². The lowest BCUT2D eigenvalue weighted by atomic mass is 9.46. The van der Waals surface area contributed by atoms with Gasteiger partial charge in [0.25, 0.3) is 0 Å². The lowest BCUT2D eigenvalue weighted by molar-refractivity contribution is -0.0765. The fourth-order valence-electron chi connectivity index (χ4n) is 7.12. The molecule has 6 atom stereocenters. The Balaban J connectivity index is 1.49. The summed E-state index contributed by atoms with van der Waals surface area (Å²) in [4.78, 5) is 7.88. The molecule has 26 heavy (non-hydrogen) atoms. The smallest absolute Gasteiger partial charge is 0.129 e. The Morgan fingerprint density at radius 3 is 2.77 bits per heavy atom. The van der Waals surface area contributed by atoms with E-state index in [4.69, 9.17) is 4.84 Å². The molecule has 0 aliphatic heterocycles. The van der Waals surface area contributed by atoms with Crippen LogP contribution in [0.2, 0.25) is 0 Å². The zero-order valence-electron chi connectivity index (χ0n) is 17.3. The summed E-state index contributed by atoms with van der Waals surface area (Å²) in [6, 6.07) is 0. The van der Waals surface area contributed by atoms with Crippen LogP contribution in [0.4, 0.5) is 0 Å². The molecule has 0 amide bonds. The van der Waals surface area contributed by atoms with Gasteiger partial charge in [0.1, 0.15) is 6.61 Å². The highest BCUT2D eigenvalue weighted by atomic mass is 16.6. The Hall–Kier alpha value is -0.830. The molecule has 0 aromatic heterocycles. The third-order valence-corrected chi connectivity index (χ3v) is 8.76. The largest absolute Gasteiger partial charge is 0.394 e. The highest BCUT2D eigenvalue weighted by molar-refractivity contribution is 5.92. The standard InChI is InChI=1S/C23H38N2O/c1-22-13-6-5-7-17(22)8-9-18-19-10-11-21(24-26-16-15-25(3)4)23(19,2)14-12-20(18)22/h5-6,17-20H,7-16H2,1-4H3/b24-21-/t17-,18+,19+,20+,22+,23+/m1/s1. The number of hydrogen-bond donors (Lipinski definition) is 0. The van der Waals surface area contributed by atoms with Gasteiger partial charge in [0.15, 0.2) is 0 Å². The maximum absolute atomic E-state index is 5.72. The molecule has 0 unspecified atom stereocenters. The quantitative estimate of drug-likeness (QED) is 0.395. The van der Waals surface area contributed by atoms with Crippen LogP contribution in [0, 0.1) is 34.5 Å². The first kappa shape index (κ1) is 18.5. The topological polar surface area (TPSA) is 24.8 Å². The van der Waals surface area contributed by atoms with Crippen LogP contribution < -0.4 is 0 Å². The second-order valence-corrected chi connectivity index (χ2v) is 10.2. The molecule has 0 saturated heterocycles. The molecule has 0 bridgehead atoms. The van der Waals surface area contributed by atoms with E-state index in [0.717, 1.165) is 36.6 Å². The van der Waals surface area contributed by atoms with Gasteiger partial charge in [-0.1, -0.05) is 31.2 Å². The Labute approximate surface area is 160 Å². The Morgan fingerprint density at radius 1 is 1.12 bits per heavy atom. The monoisotopic (exact) mass is 358 g/mol. The normalized spacial score (nSPS) is 46.1. The number of hydrogen-bond acceptors (Lipinski definition) is 3. The summed E-state index contributed by atoms with van der Waals surface area (Å²) in [6.45, 7) is 6.77. The number of nitrogens with zero attached hydrogens (tertiary/aromatic N) is 2. The SMILES string of the molecule is CN(C)CCO/N=C1/CC[C@H]2[C@@H]3CC[C@H]4CC=CC[C@]4(C)[C@H]3CC[C@]12C. The summed E-state index contributed by atoms with van der Waals surface area (Å²) in [5.74, 6) is 3.61. The fraction of sp³-hybridized carbons (Fsp3) is 0.870. The molecule has 0 heterocycles. The lowest BCUT2D eigenvalue weighted by Gasteiger charge is -2.59. The van der Waals surface area contributed by atoms with E-state index in [0.29, 0.717) is 17.4 Å². The number of likely N-dealkylation sites (N-methyl/N-ethyl adjacent to an activating group) is 1. The van der Waals surface area contributed by atoms with Crippen LogP contribution in [0.3, 0.4) is 0 Å². The average molecular weight is 359 g/mol. The molecule has 3 heteroatoms. The summed E-state index contributed by atoms with van der Waals surface area (Å²) in [5.41, 5.74) is 2.23. The summed E-state index contributed by atoms with van der Waals surface area (Å²) in [6.07, 6.45) is 15.7. The van der Waals surface area contributed by atoms with Gasteiger partial charge in [0.2, 0.25) is 0 Å². The van der Waals surface area contributed by atoms with Crippen molar-refractivity contribution in [3.63, 3.8) is 0 Å². The van der Waals surface area contributed by atoms with Gasteiger partial charge in [-0.15, -0.1) is 0 Å². The molecule has 0 spiro atoms. The molecule has 0 N–H and O–H groups in total. The van der Waals surface area contributed by atoms with Crippen LogP contribution in [0.5, 0.6) is 0 Å². The molecule has 4 aliphatic rings. The molecule has 3 saturated carbocycles. The van der Waals surface area contributed by atoms with Gasteiger partial charge in [0, 0.05) is 12.0 Å². The number of oxime groups is 1. The Morgan fingerprint density at radius 2 is 1.96 bits per heavy atom. The molecule has 4 aliphatic carbocycles. The predicted octanol–water partition coefficient (Wildman–Crippen LogP) is 5.13. The van der Waals surface area contributed by atoms with E-state index in [1.54, 1.807) is 0 Å². The summed E-state index contributed by atoms with van der Waals surface area (Å²) in [5, 5.41) is 4.67. The first-order valence-electron chi connectivity index (χ1n) is 10.9. The van der Waals surface area contributed by atoms with E-state index in [-0.39, 0.29) is 0 Å². The zero-order valence-corrected chi connectivity index (χ0v) is 17.3. The average Bonchev–Trinajstić information content (AvgIpc) is 2.94. The van der Waals surface area contributed by atoms with Gasteiger partial charge in [-0.25, -0.2) is 0 Å². The van der Waals surface area contributed by atoms with Crippen molar-refractivity contribution in [2.75, 3.05) is 27.2 Å². The van der Waals surface area contributed by atoms with Crippen LogP contribution >= 0.6 is 0 Å². The molecule has 0 aromatic rings. The van der Waals surface area contributed by atoms with E-state index in [1.807, 2.05) is 0 Å². The molecule has 0 radical (unpaired) electrons. The van der Waals surface area contributed by atoms with E-state index in [9.17, 15) is 0 Å². The molecule has 146 valence electrons. The van der Waals surface area contributed by atoms with Crippen molar-refractivity contribution >= 4 is 5.71 Å². The maximum Gasteiger partial charge on any atom is 0.129 e. The third-order valence-electron chi connectivity index (χ3n) is 8.76. The van der Waals surface area contributed by atoms with Crippen molar-refractivity contribution < 1.29 is 4.84 Å². The molecule has 3 nitrogen and oxygen atoms in total. The number of rotatable bonds is 4. The number of fused-ring (bicyclic) bond motifs is 5.